The summed E-state index contributed by atoms with van der Waals surface area (Å²) >= 11 is 0. The van der Waals surface area contributed by atoms with Crippen LogP contribution < -0.4 is 5.32 Å². The molecule has 0 fully saturated rings. The quantitative estimate of drug-likeness (QED) is 0.226. The highest BCUT2D eigenvalue weighted by atomic mass is 16.5. The van der Waals surface area contributed by atoms with Crippen LogP contribution in [0.3, 0.4) is 0 Å². The lowest BCUT2D eigenvalue weighted by Crippen LogP contribution is -2.27. The van der Waals surface area contributed by atoms with E-state index >= 15 is 0 Å². The molecular formula is C34H26N2O4. The molecule has 0 saturated carbocycles. The largest absolute Gasteiger partial charge is 0.478 e. The van der Waals surface area contributed by atoms with Crippen LogP contribution >= 0.6 is 0 Å². The van der Waals surface area contributed by atoms with E-state index < -0.39 is 5.97 Å². The maximum absolute atomic E-state index is 13.8. The zero-order valence-electron chi connectivity index (χ0n) is 21.8. The van der Waals surface area contributed by atoms with Crippen LogP contribution in [0.1, 0.15) is 50.6 Å². The number of carbonyl (C=O) groups excluding carboxylic acids is 1. The van der Waals surface area contributed by atoms with Crippen LogP contribution in [0.5, 0.6) is 0 Å². The van der Waals surface area contributed by atoms with Crippen molar-refractivity contribution >= 4 is 33.6 Å². The molecule has 0 aliphatic rings. The summed E-state index contributed by atoms with van der Waals surface area (Å²) in [5.74, 6) is -0.635. The molecule has 40 heavy (non-hydrogen) atoms. The Morgan fingerprint density at radius 1 is 0.825 bits per heavy atom. The average Bonchev–Trinajstić information content (AvgIpc) is 3.39. The van der Waals surface area contributed by atoms with Crippen molar-refractivity contribution in [2.24, 2.45) is 0 Å². The summed E-state index contributed by atoms with van der Waals surface area (Å²) in [5, 5.41) is 19.6. The maximum atomic E-state index is 13.8. The molecule has 0 spiro atoms. The molecule has 6 rings (SSSR count). The van der Waals surface area contributed by atoms with E-state index in [1.54, 1.807) is 12.1 Å². The van der Waals surface area contributed by atoms with Crippen LogP contribution in [0, 0.1) is 0 Å². The van der Waals surface area contributed by atoms with Crippen molar-refractivity contribution in [2.75, 3.05) is 0 Å². The molecule has 6 aromatic rings. The van der Waals surface area contributed by atoms with Gasteiger partial charge in [-0.15, -0.1) is 0 Å². The minimum atomic E-state index is -0.991. The molecule has 1 aromatic heterocycles. The molecule has 1 amide bonds. The number of nitrogens with zero attached hydrogens (tertiary/aromatic N) is 1. The Hall–Kier alpha value is -5.23. The molecule has 5 aromatic carbocycles. The molecule has 2 N–H and O–H groups in total. The van der Waals surface area contributed by atoms with Crippen molar-refractivity contribution in [3.63, 3.8) is 0 Å². The Morgan fingerprint density at radius 3 is 2.30 bits per heavy atom. The van der Waals surface area contributed by atoms with E-state index in [0.29, 0.717) is 28.6 Å². The number of nitrogens with one attached hydrogen (secondary N) is 1. The van der Waals surface area contributed by atoms with E-state index in [-0.39, 0.29) is 17.5 Å². The van der Waals surface area contributed by atoms with Crippen LogP contribution in [0.25, 0.3) is 32.8 Å². The third kappa shape index (κ3) is 4.95. The van der Waals surface area contributed by atoms with E-state index in [0.717, 1.165) is 33.0 Å². The van der Waals surface area contributed by atoms with Gasteiger partial charge in [-0.3, -0.25) is 4.79 Å². The number of hydrogen-bond acceptors (Lipinski definition) is 4. The number of rotatable bonds is 7. The van der Waals surface area contributed by atoms with Gasteiger partial charge in [-0.05, 0) is 64.2 Å². The number of aromatic nitrogens is 1. The van der Waals surface area contributed by atoms with Crippen molar-refractivity contribution in [1.82, 2.24) is 10.5 Å². The second-order valence-corrected chi connectivity index (χ2v) is 9.87. The third-order valence-corrected chi connectivity index (χ3v) is 7.19. The van der Waals surface area contributed by atoms with E-state index in [9.17, 15) is 14.7 Å². The minimum Gasteiger partial charge on any atom is -0.478 e. The molecule has 1 atom stereocenters. The second-order valence-electron chi connectivity index (χ2n) is 9.87. The Balaban J connectivity index is 1.39. The fourth-order valence-electron chi connectivity index (χ4n) is 5.04. The fraction of sp³-hybridized carbons (Fsp3) is 0.0882. The Morgan fingerprint density at radius 2 is 1.55 bits per heavy atom. The van der Waals surface area contributed by atoms with E-state index in [1.807, 2.05) is 61.5 Å². The van der Waals surface area contributed by atoms with Crippen LogP contribution in [-0.4, -0.2) is 22.1 Å². The number of benzene rings is 5. The molecule has 1 heterocycles. The highest BCUT2D eigenvalue weighted by Gasteiger charge is 2.22. The number of aromatic carboxylic acids is 1. The van der Waals surface area contributed by atoms with Gasteiger partial charge in [0.2, 0.25) is 0 Å². The smallest absolute Gasteiger partial charge is 0.335 e. The third-order valence-electron chi connectivity index (χ3n) is 7.19. The Labute approximate surface area is 230 Å². The van der Waals surface area contributed by atoms with Gasteiger partial charge in [-0.2, -0.15) is 0 Å². The lowest BCUT2D eigenvalue weighted by molar-refractivity contribution is 0.0696. The summed E-state index contributed by atoms with van der Waals surface area (Å²) in [6.07, 6.45) is 0.485. The van der Waals surface area contributed by atoms with Crippen LogP contribution in [0.15, 0.2) is 114 Å². The number of carbonyl (C=O) groups is 2. The first-order chi connectivity index (χ1) is 19.5. The number of carboxylic acids is 1. The summed E-state index contributed by atoms with van der Waals surface area (Å²) in [6.45, 7) is 1.87. The van der Waals surface area contributed by atoms with Crippen LogP contribution in [-0.2, 0) is 6.42 Å². The fourth-order valence-corrected chi connectivity index (χ4v) is 5.04. The van der Waals surface area contributed by atoms with Gasteiger partial charge in [0.1, 0.15) is 11.3 Å². The number of amides is 1. The molecule has 6 nitrogen and oxygen atoms in total. The molecule has 196 valence electrons. The van der Waals surface area contributed by atoms with Crippen LogP contribution in [0.4, 0.5) is 0 Å². The SMILES string of the molecule is C[C@H](NC(=O)c1cc(-c2ccccc2)cc2noc(Cc3ccc4ccccc4c3)c12)c1ccc(C(=O)O)cc1. The standard InChI is InChI=1S/C34H26N2O4/c1-21(23-13-15-26(16-14-23)34(38)39)35-33(37)29-19-28(24-7-3-2-4-8-24)20-30-32(29)31(40-36-30)18-22-11-12-25-9-5-6-10-27(25)17-22/h2-17,19-21H,18H2,1H3,(H,35,37)(H,38,39)/t21-/m0/s1. The van der Waals surface area contributed by atoms with E-state index in [1.165, 1.54) is 12.1 Å². The topological polar surface area (TPSA) is 92.4 Å². The van der Waals surface area contributed by atoms with Gasteiger partial charge in [-0.25, -0.2) is 4.79 Å². The van der Waals surface area contributed by atoms with Crippen molar-refractivity contribution < 1.29 is 19.2 Å². The molecule has 6 heteroatoms. The second kappa shape index (κ2) is 10.5. The van der Waals surface area contributed by atoms with Crippen molar-refractivity contribution in [2.45, 2.75) is 19.4 Å². The average molecular weight is 527 g/mol. The summed E-state index contributed by atoms with van der Waals surface area (Å²) < 4.78 is 5.85. The molecular weight excluding hydrogens is 500 g/mol. The van der Waals surface area contributed by atoms with Gasteiger partial charge in [0.15, 0.2) is 0 Å². The van der Waals surface area contributed by atoms with Crippen molar-refractivity contribution in [3.8, 4) is 11.1 Å². The Kier molecular flexibility index (Phi) is 6.58. The van der Waals surface area contributed by atoms with Gasteiger partial charge in [0.25, 0.3) is 5.91 Å². The predicted octanol–water partition coefficient (Wildman–Crippen LogP) is 7.43. The first kappa shape index (κ1) is 25.1. The highest BCUT2D eigenvalue weighted by molar-refractivity contribution is 6.09. The number of carboxylic acid groups (broad SMARTS) is 1. The molecule has 0 aliphatic carbocycles. The normalized spacial score (nSPS) is 11.9. The zero-order valence-corrected chi connectivity index (χ0v) is 21.8. The predicted molar refractivity (Wildman–Crippen MR) is 155 cm³/mol. The first-order valence-electron chi connectivity index (χ1n) is 13.1. The monoisotopic (exact) mass is 526 g/mol. The van der Waals surface area contributed by atoms with E-state index in [2.05, 4.69) is 40.8 Å². The molecule has 0 unspecified atom stereocenters. The number of hydrogen-bond donors (Lipinski definition) is 2. The van der Waals surface area contributed by atoms with Gasteiger partial charge in [0.05, 0.1) is 22.6 Å². The first-order valence-corrected chi connectivity index (χ1v) is 13.1. The lowest BCUT2D eigenvalue weighted by atomic mass is 9.96. The van der Waals surface area contributed by atoms with Crippen molar-refractivity contribution in [1.29, 1.82) is 0 Å². The molecule has 0 aliphatic heterocycles. The highest BCUT2D eigenvalue weighted by Crippen LogP contribution is 2.32. The maximum Gasteiger partial charge on any atom is 0.335 e. The molecule has 0 radical (unpaired) electrons. The zero-order chi connectivity index (χ0) is 27.6. The van der Waals surface area contributed by atoms with Crippen molar-refractivity contribution in [3.05, 3.63) is 137 Å². The van der Waals surface area contributed by atoms with Gasteiger partial charge in [-0.1, -0.05) is 90.1 Å². The number of fused-ring (bicyclic) bond motifs is 2. The van der Waals surface area contributed by atoms with Gasteiger partial charge >= 0.3 is 5.97 Å². The lowest BCUT2D eigenvalue weighted by Gasteiger charge is -2.16. The molecule has 0 bridgehead atoms. The summed E-state index contributed by atoms with van der Waals surface area (Å²) in [7, 11) is 0. The van der Waals surface area contributed by atoms with Gasteiger partial charge < -0.3 is 14.9 Å². The van der Waals surface area contributed by atoms with Crippen LogP contribution in [0.2, 0.25) is 0 Å². The minimum absolute atomic E-state index is 0.197. The molecule has 0 saturated heterocycles. The summed E-state index contributed by atoms with van der Waals surface area (Å²) in [5.41, 5.74) is 4.97. The summed E-state index contributed by atoms with van der Waals surface area (Å²) in [4.78, 5) is 25.0. The summed E-state index contributed by atoms with van der Waals surface area (Å²) in [6, 6.07) is 34.3. The Bertz CT molecular complexity index is 1860. The van der Waals surface area contributed by atoms with Gasteiger partial charge in [0, 0.05) is 6.42 Å². The van der Waals surface area contributed by atoms with E-state index in [4.69, 9.17) is 4.52 Å².